The molecule has 0 bridgehead atoms. The monoisotopic (exact) mass is 318 g/mol. The Kier molecular flexibility index (Phi) is 4.11. The van der Waals surface area contributed by atoms with E-state index in [0.717, 1.165) is 5.56 Å². The van der Waals surface area contributed by atoms with E-state index in [0.29, 0.717) is 29.0 Å². The molecule has 0 spiro atoms. The minimum atomic E-state index is -0.266. The number of aromatic amines is 1. The van der Waals surface area contributed by atoms with Crippen molar-refractivity contribution in [2.75, 3.05) is 0 Å². The van der Waals surface area contributed by atoms with E-state index >= 15 is 0 Å². The minimum Gasteiger partial charge on any atom is -0.305 e. The van der Waals surface area contributed by atoms with Crippen LogP contribution in [-0.2, 0) is 6.54 Å². The second-order valence-electron chi connectivity index (χ2n) is 5.38. The van der Waals surface area contributed by atoms with Crippen molar-refractivity contribution in [1.29, 1.82) is 10.5 Å². The van der Waals surface area contributed by atoms with Crippen molar-refractivity contribution in [3.05, 3.63) is 69.3 Å². The van der Waals surface area contributed by atoms with Gasteiger partial charge in [-0.3, -0.25) is 9.89 Å². The summed E-state index contributed by atoms with van der Waals surface area (Å²) in [5.74, 6) is 0. The Morgan fingerprint density at radius 2 is 2.17 bits per heavy atom. The lowest BCUT2D eigenvalue weighted by Crippen LogP contribution is -2.22. The van der Waals surface area contributed by atoms with Gasteiger partial charge in [-0.05, 0) is 24.6 Å². The van der Waals surface area contributed by atoms with Crippen LogP contribution in [0.15, 0.2) is 41.3 Å². The second kappa shape index (κ2) is 6.37. The third-order valence-corrected chi connectivity index (χ3v) is 3.78. The summed E-state index contributed by atoms with van der Waals surface area (Å²) in [4.78, 5) is 16.4. The molecular weight excluding hydrogens is 304 g/mol. The molecule has 7 heteroatoms. The number of hydrogen-bond acceptors (Lipinski definition) is 5. The normalized spacial score (nSPS) is 11.8. The molecule has 24 heavy (non-hydrogen) atoms. The van der Waals surface area contributed by atoms with Crippen molar-refractivity contribution in [1.82, 2.24) is 19.9 Å². The maximum Gasteiger partial charge on any atom is 0.272 e. The Bertz CT molecular complexity index is 1030. The molecule has 2 heterocycles. The molecule has 2 N–H and O–H groups in total. The van der Waals surface area contributed by atoms with E-state index in [4.69, 9.17) is 10.5 Å². The molecule has 0 aliphatic rings. The number of nitriles is 2. The quantitative estimate of drug-likeness (QED) is 0.759. The highest BCUT2D eigenvalue weighted by Gasteiger charge is 2.10. The van der Waals surface area contributed by atoms with E-state index < -0.39 is 0 Å². The van der Waals surface area contributed by atoms with Crippen LogP contribution in [0, 0.1) is 22.7 Å². The lowest BCUT2D eigenvalue weighted by molar-refractivity contribution is 0.567. The predicted molar refractivity (Wildman–Crippen MR) is 86.9 cm³/mol. The largest absolute Gasteiger partial charge is 0.305 e. The first-order valence-corrected chi connectivity index (χ1v) is 7.36. The smallest absolute Gasteiger partial charge is 0.272 e. The van der Waals surface area contributed by atoms with Gasteiger partial charge in [0.2, 0.25) is 0 Å². The summed E-state index contributed by atoms with van der Waals surface area (Å²) >= 11 is 0. The zero-order valence-electron chi connectivity index (χ0n) is 12.9. The Morgan fingerprint density at radius 3 is 2.92 bits per heavy atom. The fourth-order valence-corrected chi connectivity index (χ4v) is 2.45. The molecule has 0 fully saturated rings. The molecule has 1 aromatic carbocycles. The van der Waals surface area contributed by atoms with Crippen molar-refractivity contribution >= 4 is 5.65 Å². The summed E-state index contributed by atoms with van der Waals surface area (Å²) < 4.78 is 1.24. The molecule has 0 saturated carbocycles. The average molecular weight is 318 g/mol. The minimum absolute atomic E-state index is 0.0137. The zero-order chi connectivity index (χ0) is 17.1. The first-order valence-electron chi connectivity index (χ1n) is 7.36. The van der Waals surface area contributed by atoms with Crippen molar-refractivity contribution in [2.24, 2.45) is 0 Å². The highest BCUT2D eigenvalue weighted by Crippen LogP contribution is 2.14. The lowest BCUT2D eigenvalue weighted by atomic mass is 10.1. The SMILES string of the molecule is CC(NCc1cc(=O)n2[nH]cc(C#N)c2n1)c1cccc(C#N)c1. The summed E-state index contributed by atoms with van der Waals surface area (Å²) in [6.07, 6.45) is 1.46. The van der Waals surface area contributed by atoms with Gasteiger partial charge in [-0.1, -0.05) is 12.1 Å². The first kappa shape index (κ1) is 15.5. The maximum atomic E-state index is 12.0. The Morgan fingerprint density at radius 1 is 1.33 bits per heavy atom. The molecule has 3 aromatic rings. The first-order chi connectivity index (χ1) is 11.6. The highest BCUT2D eigenvalue weighted by molar-refractivity contribution is 5.53. The number of nitrogens with zero attached hydrogens (tertiary/aromatic N) is 4. The number of hydrogen-bond donors (Lipinski definition) is 2. The third kappa shape index (κ3) is 2.89. The predicted octanol–water partition coefficient (Wildman–Crippen LogP) is 1.62. The number of nitrogens with one attached hydrogen (secondary N) is 2. The van der Waals surface area contributed by atoms with Crippen LogP contribution in [0.2, 0.25) is 0 Å². The topological polar surface area (TPSA) is 110 Å². The van der Waals surface area contributed by atoms with Gasteiger partial charge in [-0.2, -0.15) is 10.5 Å². The van der Waals surface area contributed by atoms with E-state index in [9.17, 15) is 4.79 Å². The molecule has 2 aromatic heterocycles. The molecular formula is C17H14N6O. The molecule has 1 atom stereocenters. The van der Waals surface area contributed by atoms with Gasteiger partial charge in [0.1, 0.15) is 11.6 Å². The Labute approximate surface area is 137 Å². The van der Waals surface area contributed by atoms with Crippen molar-refractivity contribution in [3.8, 4) is 12.1 Å². The molecule has 3 rings (SSSR count). The van der Waals surface area contributed by atoms with Crippen LogP contribution in [0.3, 0.4) is 0 Å². The molecule has 0 radical (unpaired) electrons. The van der Waals surface area contributed by atoms with Gasteiger partial charge in [0.15, 0.2) is 5.65 Å². The average Bonchev–Trinajstić information content (AvgIpc) is 3.03. The fraction of sp³-hybridized carbons (Fsp3) is 0.176. The second-order valence-corrected chi connectivity index (χ2v) is 5.38. The summed E-state index contributed by atoms with van der Waals surface area (Å²) in [5, 5.41) is 24.0. The lowest BCUT2D eigenvalue weighted by Gasteiger charge is -2.14. The highest BCUT2D eigenvalue weighted by atomic mass is 16.1. The number of fused-ring (bicyclic) bond motifs is 1. The van der Waals surface area contributed by atoms with Gasteiger partial charge in [0, 0.05) is 24.8 Å². The van der Waals surface area contributed by atoms with E-state index in [-0.39, 0.29) is 11.6 Å². The van der Waals surface area contributed by atoms with Crippen LogP contribution in [0.4, 0.5) is 0 Å². The van der Waals surface area contributed by atoms with E-state index in [1.807, 2.05) is 31.2 Å². The van der Waals surface area contributed by atoms with Crippen molar-refractivity contribution in [2.45, 2.75) is 19.5 Å². The zero-order valence-corrected chi connectivity index (χ0v) is 12.9. The summed E-state index contributed by atoms with van der Waals surface area (Å²) in [5.41, 5.74) is 2.51. The van der Waals surface area contributed by atoms with Crippen LogP contribution >= 0.6 is 0 Å². The van der Waals surface area contributed by atoms with Crippen LogP contribution < -0.4 is 10.9 Å². The fourth-order valence-electron chi connectivity index (χ4n) is 2.45. The summed E-state index contributed by atoms with van der Waals surface area (Å²) in [6.45, 7) is 2.35. The number of rotatable bonds is 4. The summed E-state index contributed by atoms with van der Waals surface area (Å²) in [7, 11) is 0. The van der Waals surface area contributed by atoms with Gasteiger partial charge >= 0.3 is 0 Å². The molecule has 0 amide bonds. The Balaban J connectivity index is 1.81. The van der Waals surface area contributed by atoms with Crippen LogP contribution in [0.25, 0.3) is 5.65 Å². The number of benzene rings is 1. The van der Waals surface area contributed by atoms with E-state index in [2.05, 4.69) is 21.5 Å². The molecule has 1 unspecified atom stereocenters. The van der Waals surface area contributed by atoms with Gasteiger partial charge in [0.25, 0.3) is 5.56 Å². The van der Waals surface area contributed by atoms with Crippen molar-refractivity contribution < 1.29 is 0 Å². The van der Waals surface area contributed by atoms with Gasteiger partial charge < -0.3 is 5.32 Å². The van der Waals surface area contributed by atoms with E-state index in [1.165, 1.54) is 16.8 Å². The number of aromatic nitrogens is 3. The molecule has 0 aliphatic heterocycles. The van der Waals surface area contributed by atoms with Crippen LogP contribution in [-0.4, -0.2) is 14.6 Å². The molecule has 7 nitrogen and oxygen atoms in total. The standard InChI is InChI=1S/C17H14N6O/c1-11(13-4-2-3-12(5-13)7-18)20-10-15-6-16(24)23-17(22-15)14(8-19)9-21-23/h2-6,9,11,20-21H,10H2,1H3. The molecule has 0 aliphatic carbocycles. The number of H-pyrrole nitrogens is 1. The van der Waals surface area contributed by atoms with Gasteiger partial charge in [0.05, 0.1) is 17.3 Å². The van der Waals surface area contributed by atoms with E-state index in [1.54, 1.807) is 6.07 Å². The van der Waals surface area contributed by atoms with Crippen molar-refractivity contribution in [3.63, 3.8) is 0 Å². The van der Waals surface area contributed by atoms with Gasteiger partial charge in [-0.25, -0.2) is 9.50 Å². The molecule has 118 valence electrons. The van der Waals surface area contributed by atoms with Gasteiger partial charge in [-0.15, -0.1) is 0 Å². The van der Waals surface area contributed by atoms with Crippen LogP contribution in [0.5, 0.6) is 0 Å². The molecule has 0 saturated heterocycles. The van der Waals surface area contributed by atoms with Crippen LogP contribution in [0.1, 0.15) is 35.3 Å². The third-order valence-electron chi connectivity index (χ3n) is 3.78. The maximum absolute atomic E-state index is 12.0. The summed E-state index contributed by atoms with van der Waals surface area (Å²) in [6, 6.07) is 12.9. The Hall–Kier alpha value is -3.42.